The molecule has 1 N–H and O–H groups in total. The molecule has 2 aromatic heterocycles. The predicted octanol–water partition coefficient (Wildman–Crippen LogP) is 2.25. The van der Waals surface area contributed by atoms with Crippen molar-refractivity contribution in [3.8, 4) is 6.07 Å². The highest BCUT2D eigenvalue weighted by molar-refractivity contribution is 5.93. The summed E-state index contributed by atoms with van der Waals surface area (Å²) in [6.45, 7) is 3.37. The lowest BCUT2D eigenvalue weighted by Gasteiger charge is -2.33. The van der Waals surface area contributed by atoms with Crippen molar-refractivity contribution in [2.24, 2.45) is 0 Å². The number of aromatic nitrogens is 1. The first kappa shape index (κ1) is 15.1. The van der Waals surface area contributed by atoms with E-state index in [9.17, 15) is 4.79 Å². The Morgan fingerprint density at radius 2 is 2.22 bits per heavy atom. The van der Waals surface area contributed by atoms with Crippen molar-refractivity contribution < 1.29 is 9.21 Å². The average molecular weight is 310 g/mol. The Morgan fingerprint density at radius 3 is 2.87 bits per heavy atom. The number of carbonyl (C=O) groups is 1. The lowest BCUT2D eigenvalue weighted by atomic mass is 10.0. The van der Waals surface area contributed by atoms with Crippen LogP contribution in [0.1, 0.15) is 34.5 Å². The zero-order chi connectivity index (χ0) is 16.2. The van der Waals surface area contributed by atoms with Crippen LogP contribution in [0.4, 0.5) is 5.82 Å². The molecule has 1 saturated heterocycles. The van der Waals surface area contributed by atoms with E-state index in [0.29, 0.717) is 11.3 Å². The molecule has 0 aliphatic carbocycles. The lowest BCUT2D eigenvalue weighted by molar-refractivity contribution is 0.0902. The Hall–Kier alpha value is -2.81. The molecule has 23 heavy (non-hydrogen) atoms. The van der Waals surface area contributed by atoms with Gasteiger partial charge < -0.3 is 14.6 Å². The Bertz CT molecular complexity index is 739. The molecule has 2 aromatic rings. The summed E-state index contributed by atoms with van der Waals surface area (Å²) in [7, 11) is 0. The molecule has 1 aliphatic heterocycles. The van der Waals surface area contributed by atoms with Crippen LogP contribution in [0.3, 0.4) is 0 Å². The SMILES string of the molecule is Cc1ccoc1C(=O)NC1CCN(c2ncccc2C#N)CC1. The van der Waals surface area contributed by atoms with Gasteiger partial charge in [-0.1, -0.05) is 0 Å². The summed E-state index contributed by atoms with van der Waals surface area (Å²) in [5, 5.41) is 12.2. The molecule has 3 heterocycles. The van der Waals surface area contributed by atoms with Gasteiger partial charge in [0.2, 0.25) is 0 Å². The van der Waals surface area contributed by atoms with E-state index >= 15 is 0 Å². The third-order valence-corrected chi connectivity index (χ3v) is 4.11. The minimum atomic E-state index is -0.165. The van der Waals surface area contributed by atoms with E-state index in [1.165, 1.54) is 6.26 Å². The number of carbonyl (C=O) groups excluding carboxylic acids is 1. The number of furan rings is 1. The summed E-state index contributed by atoms with van der Waals surface area (Å²) in [5.74, 6) is 0.937. The number of nitrogens with one attached hydrogen (secondary N) is 1. The molecule has 0 bridgehead atoms. The van der Waals surface area contributed by atoms with Crippen molar-refractivity contribution in [1.82, 2.24) is 10.3 Å². The number of piperidine rings is 1. The summed E-state index contributed by atoms with van der Waals surface area (Å²) in [4.78, 5) is 18.6. The van der Waals surface area contributed by atoms with E-state index in [1.54, 1.807) is 24.4 Å². The Kier molecular flexibility index (Phi) is 4.29. The molecule has 6 heteroatoms. The molecule has 0 spiro atoms. The normalized spacial score (nSPS) is 15.2. The van der Waals surface area contributed by atoms with Crippen molar-refractivity contribution in [1.29, 1.82) is 5.26 Å². The highest BCUT2D eigenvalue weighted by Crippen LogP contribution is 2.21. The second kappa shape index (κ2) is 6.53. The van der Waals surface area contributed by atoms with Crippen molar-refractivity contribution in [2.45, 2.75) is 25.8 Å². The number of rotatable bonds is 3. The van der Waals surface area contributed by atoms with Gasteiger partial charge in [0.1, 0.15) is 11.9 Å². The third kappa shape index (κ3) is 3.19. The number of hydrogen-bond donors (Lipinski definition) is 1. The second-order valence-electron chi connectivity index (χ2n) is 5.65. The first-order valence-corrected chi connectivity index (χ1v) is 7.64. The number of nitrogens with zero attached hydrogens (tertiary/aromatic N) is 3. The Labute approximate surface area is 134 Å². The van der Waals surface area contributed by atoms with Crippen LogP contribution in [0.15, 0.2) is 35.1 Å². The van der Waals surface area contributed by atoms with Gasteiger partial charge in [-0.15, -0.1) is 0 Å². The van der Waals surface area contributed by atoms with Crippen molar-refractivity contribution in [2.75, 3.05) is 18.0 Å². The summed E-state index contributed by atoms with van der Waals surface area (Å²) in [5.41, 5.74) is 1.42. The number of hydrogen-bond acceptors (Lipinski definition) is 5. The largest absolute Gasteiger partial charge is 0.459 e. The van der Waals surface area contributed by atoms with Crippen LogP contribution < -0.4 is 10.2 Å². The number of amides is 1. The van der Waals surface area contributed by atoms with E-state index in [4.69, 9.17) is 9.68 Å². The topological polar surface area (TPSA) is 82.2 Å². The molecular weight excluding hydrogens is 292 g/mol. The minimum absolute atomic E-state index is 0.109. The zero-order valence-electron chi connectivity index (χ0n) is 13.0. The zero-order valence-corrected chi connectivity index (χ0v) is 13.0. The van der Waals surface area contributed by atoms with Crippen molar-refractivity contribution >= 4 is 11.7 Å². The molecule has 6 nitrogen and oxygen atoms in total. The van der Waals surface area contributed by atoms with Crippen LogP contribution in [0.25, 0.3) is 0 Å². The van der Waals surface area contributed by atoms with E-state index in [0.717, 1.165) is 37.3 Å². The van der Waals surface area contributed by atoms with Crippen LogP contribution in [0.2, 0.25) is 0 Å². The Morgan fingerprint density at radius 1 is 1.43 bits per heavy atom. The van der Waals surface area contributed by atoms with Crippen LogP contribution in [0, 0.1) is 18.3 Å². The second-order valence-corrected chi connectivity index (χ2v) is 5.65. The summed E-state index contributed by atoms with van der Waals surface area (Å²) < 4.78 is 5.22. The fraction of sp³-hybridized carbons (Fsp3) is 0.353. The van der Waals surface area contributed by atoms with Gasteiger partial charge in [0.15, 0.2) is 5.76 Å². The van der Waals surface area contributed by atoms with E-state index in [-0.39, 0.29) is 11.9 Å². The minimum Gasteiger partial charge on any atom is -0.459 e. The Balaban J connectivity index is 1.60. The molecule has 3 rings (SSSR count). The monoisotopic (exact) mass is 310 g/mol. The van der Waals surface area contributed by atoms with Crippen LogP contribution in [-0.2, 0) is 0 Å². The van der Waals surface area contributed by atoms with Gasteiger partial charge in [0.25, 0.3) is 5.91 Å². The number of pyridine rings is 1. The van der Waals surface area contributed by atoms with Gasteiger partial charge in [-0.2, -0.15) is 5.26 Å². The molecule has 1 aliphatic rings. The summed E-state index contributed by atoms with van der Waals surface area (Å²) in [6.07, 6.45) is 4.85. The number of aryl methyl sites for hydroxylation is 1. The fourth-order valence-electron chi connectivity index (χ4n) is 2.83. The van der Waals surface area contributed by atoms with E-state index < -0.39 is 0 Å². The summed E-state index contributed by atoms with van der Waals surface area (Å²) in [6, 6.07) is 7.60. The van der Waals surface area contributed by atoms with Crippen LogP contribution in [0.5, 0.6) is 0 Å². The standard InChI is InChI=1S/C17H18N4O2/c1-12-6-10-23-15(12)17(22)20-14-4-8-21(9-5-14)16-13(11-18)3-2-7-19-16/h2-3,6-7,10,14H,4-5,8-9H2,1H3,(H,20,22). The van der Waals surface area contributed by atoms with Crippen LogP contribution in [-0.4, -0.2) is 30.0 Å². The maximum absolute atomic E-state index is 12.2. The molecule has 0 atom stereocenters. The number of nitriles is 1. The predicted molar refractivity (Wildman–Crippen MR) is 85.1 cm³/mol. The van der Waals surface area contributed by atoms with Gasteiger partial charge >= 0.3 is 0 Å². The van der Waals surface area contributed by atoms with Gasteiger partial charge in [-0.3, -0.25) is 4.79 Å². The molecule has 0 unspecified atom stereocenters. The molecule has 118 valence electrons. The van der Waals surface area contributed by atoms with Crippen LogP contribution >= 0.6 is 0 Å². The molecule has 0 saturated carbocycles. The molecular formula is C17H18N4O2. The fourth-order valence-corrected chi connectivity index (χ4v) is 2.83. The first-order valence-electron chi connectivity index (χ1n) is 7.64. The average Bonchev–Trinajstić information content (AvgIpc) is 3.02. The smallest absolute Gasteiger partial charge is 0.287 e. The third-order valence-electron chi connectivity index (χ3n) is 4.11. The maximum atomic E-state index is 12.2. The highest BCUT2D eigenvalue weighted by atomic mass is 16.3. The molecule has 0 radical (unpaired) electrons. The quantitative estimate of drug-likeness (QED) is 0.940. The highest BCUT2D eigenvalue weighted by Gasteiger charge is 2.24. The van der Waals surface area contributed by atoms with E-state index in [2.05, 4.69) is 21.3 Å². The van der Waals surface area contributed by atoms with Gasteiger partial charge in [-0.25, -0.2) is 4.98 Å². The van der Waals surface area contributed by atoms with Gasteiger partial charge in [0.05, 0.1) is 11.8 Å². The first-order chi connectivity index (χ1) is 11.2. The molecule has 0 aromatic carbocycles. The lowest BCUT2D eigenvalue weighted by Crippen LogP contribution is -2.45. The number of anilines is 1. The molecule has 1 amide bonds. The van der Waals surface area contributed by atoms with E-state index in [1.807, 2.05) is 6.92 Å². The summed E-state index contributed by atoms with van der Waals surface area (Å²) >= 11 is 0. The van der Waals surface area contributed by atoms with Gasteiger partial charge in [-0.05, 0) is 38.0 Å². The van der Waals surface area contributed by atoms with Gasteiger partial charge in [0, 0.05) is 30.9 Å². The molecule has 1 fully saturated rings. The maximum Gasteiger partial charge on any atom is 0.287 e. The van der Waals surface area contributed by atoms with Crippen molar-refractivity contribution in [3.63, 3.8) is 0 Å². The van der Waals surface area contributed by atoms with Crippen molar-refractivity contribution in [3.05, 3.63) is 47.5 Å².